The van der Waals surface area contributed by atoms with Gasteiger partial charge in [-0.1, -0.05) is 12.1 Å². The summed E-state index contributed by atoms with van der Waals surface area (Å²) in [6.07, 6.45) is 2.58. The van der Waals surface area contributed by atoms with Gasteiger partial charge in [-0.3, -0.25) is 4.98 Å². The number of pyridine rings is 1. The molecule has 1 atom stereocenters. The van der Waals surface area contributed by atoms with E-state index in [1.54, 1.807) is 25.4 Å². The first kappa shape index (κ1) is 14.5. The molecule has 0 aliphatic rings. The zero-order chi connectivity index (χ0) is 14.4. The predicted octanol–water partition coefficient (Wildman–Crippen LogP) is 3.12. The van der Waals surface area contributed by atoms with Crippen LogP contribution in [0.4, 0.5) is 4.39 Å². The van der Waals surface area contributed by atoms with Crippen LogP contribution in [-0.4, -0.2) is 18.6 Å². The van der Waals surface area contributed by atoms with E-state index < -0.39 is 0 Å². The van der Waals surface area contributed by atoms with Gasteiger partial charge in [0.1, 0.15) is 11.6 Å². The lowest BCUT2D eigenvalue weighted by Crippen LogP contribution is -2.23. The Kier molecular flexibility index (Phi) is 5.07. The zero-order valence-corrected chi connectivity index (χ0v) is 11.8. The lowest BCUT2D eigenvalue weighted by molar-refractivity contribution is 0.394. The molecule has 2 aromatic rings. The van der Waals surface area contributed by atoms with Crippen molar-refractivity contribution >= 4 is 0 Å². The van der Waals surface area contributed by atoms with Gasteiger partial charge in [0.05, 0.1) is 7.11 Å². The Labute approximate surface area is 118 Å². The molecule has 0 aliphatic carbocycles. The van der Waals surface area contributed by atoms with E-state index in [-0.39, 0.29) is 11.9 Å². The maximum absolute atomic E-state index is 13.9. The van der Waals surface area contributed by atoms with Gasteiger partial charge in [0, 0.05) is 36.5 Å². The van der Waals surface area contributed by atoms with Gasteiger partial charge in [-0.2, -0.15) is 0 Å². The van der Waals surface area contributed by atoms with Crippen molar-refractivity contribution in [3.05, 3.63) is 59.7 Å². The van der Waals surface area contributed by atoms with Crippen LogP contribution in [0.25, 0.3) is 0 Å². The van der Waals surface area contributed by atoms with E-state index in [0.717, 1.165) is 18.7 Å². The summed E-state index contributed by atoms with van der Waals surface area (Å²) in [5, 5.41) is 3.30. The largest absolute Gasteiger partial charge is 0.496 e. The fourth-order valence-electron chi connectivity index (χ4n) is 2.18. The third-order valence-corrected chi connectivity index (χ3v) is 3.22. The van der Waals surface area contributed by atoms with Gasteiger partial charge in [0.15, 0.2) is 0 Å². The van der Waals surface area contributed by atoms with E-state index in [0.29, 0.717) is 11.3 Å². The van der Waals surface area contributed by atoms with Gasteiger partial charge in [0.2, 0.25) is 0 Å². The third kappa shape index (κ3) is 3.54. The number of nitrogens with one attached hydrogen (secondary N) is 1. The summed E-state index contributed by atoms with van der Waals surface area (Å²) in [6, 6.07) is 10.6. The summed E-state index contributed by atoms with van der Waals surface area (Å²) >= 11 is 0. The number of benzene rings is 1. The van der Waals surface area contributed by atoms with Crippen molar-refractivity contribution in [2.75, 3.05) is 13.7 Å². The number of hydrogen-bond acceptors (Lipinski definition) is 3. The molecule has 0 amide bonds. The summed E-state index contributed by atoms with van der Waals surface area (Å²) in [5.74, 6) is 0.324. The standard InChI is InChI=1S/C16H19FN2O/c1-12(16-14(17)7-5-8-15(16)20-2)18-11-9-13-6-3-4-10-19-13/h3-8,10,12,18H,9,11H2,1-2H3. The van der Waals surface area contributed by atoms with Crippen LogP contribution in [0.15, 0.2) is 42.6 Å². The molecule has 1 aromatic heterocycles. The molecule has 0 spiro atoms. The lowest BCUT2D eigenvalue weighted by Gasteiger charge is -2.17. The van der Waals surface area contributed by atoms with E-state index in [9.17, 15) is 4.39 Å². The molecule has 2 rings (SSSR count). The fraction of sp³-hybridized carbons (Fsp3) is 0.312. The fourth-order valence-corrected chi connectivity index (χ4v) is 2.18. The molecular weight excluding hydrogens is 255 g/mol. The molecule has 0 radical (unpaired) electrons. The average molecular weight is 274 g/mol. The highest BCUT2D eigenvalue weighted by Gasteiger charge is 2.15. The summed E-state index contributed by atoms with van der Waals surface area (Å²) in [5.41, 5.74) is 1.59. The second kappa shape index (κ2) is 7.01. The SMILES string of the molecule is COc1cccc(F)c1C(C)NCCc1ccccn1. The van der Waals surface area contributed by atoms with Crippen molar-refractivity contribution in [3.8, 4) is 5.75 Å². The average Bonchev–Trinajstić information content (AvgIpc) is 2.47. The number of aromatic nitrogens is 1. The van der Waals surface area contributed by atoms with Crippen LogP contribution in [0.2, 0.25) is 0 Å². The summed E-state index contributed by atoms with van der Waals surface area (Å²) in [7, 11) is 1.55. The maximum Gasteiger partial charge on any atom is 0.131 e. The second-order valence-corrected chi connectivity index (χ2v) is 4.60. The number of ether oxygens (including phenoxy) is 1. The molecule has 4 heteroatoms. The molecule has 1 aromatic carbocycles. The molecular formula is C16H19FN2O. The van der Waals surface area contributed by atoms with Crippen molar-refractivity contribution in [1.82, 2.24) is 10.3 Å². The Hall–Kier alpha value is -1.94. The predicted molar refractivity (Wildman–Crippen MR) is 77.3 cm³/mol. The van der Waals surface area contributed by atoms with Crippen molar-refractivity contribution < 1.29 is 9.13 Å². The first-order valence-electron chi connectivity index (χ1n) is 6.68. The van der Waals surface area contributed by atoms with Gasteiger partial charge < -0.3 is 10.1 Å². The second-order valence-electron chi connectivity index (χ2n) is 4.60. The quantitative estimate of drug-likeness (QED) is 0.878. The molecule has 1 N–H and O–H groups in total. The Morgan fingerprint density at radius 3 is 2.80 bits per heavy atom. The Balaban J connectivity index is 1.97. The molecule has 1 heterocycles. The van der Waals surface area contributed by atoms with Crippen LogP contribution in [0.1, 0.15) is 24.2 Å². The van der Waals surface area contributed by atoms with E-state index in [1.165, 1.54) is 6.07 Å². The molecule has 106 valence electrons. The molecule has 0 fully saturated rings. The van der Waals surface area contributed by atoms with Crippen molar-refractivity contribution in [3.63, 3.8) is 0 Å². The number of hydrogen-bond donors (Lipinski definition) is 1. The van der Waals surface area contributed by atoms with Crippen LogP contribution in [0.3, 0.4) is 0 Å². The normalized spacial score (nSPS) is 12.2. The maximum atomic E-state index is 13.9. The van der Waals surface area contributed by atoms with Crippen LogP contribution in [0, 0.1) is 5.82 Å². The number of nitrogens with zero attached hydrogens (tertiary/aromatic N) is 1. The monoisotopic (exact) mass is 274 g/mol. The Morgan fingerprint density at radius 2 is 2.10 bits per heavy atom. The van der Waals surface area contributed by atoms with E-state index in [4.69, 9.17) is 4.74 Å². The van der Waals surface area contributed by atoms with Crippen molar-refractivity contribution in [2.45, 2.75) is 19.4 Å². The highest BCUT2D eigenvalue weighted by molar-refractivity contribution is 5.36. The van der Waals surface area contributed by atoms with Crippen LogP contribution in [-0.2, 0) is 6.42 Å². The molecule has 0 bridgehead atoms. The van der Waals surface area contributed by atoms with Gasteiger partial charge in [-0.15, -0.1) is 0 Å². The first-order valence-corrected chi connectivity index (χ1v) is 6.68. The first-order chi connectivity index (χ1) is 9.72. The molecule has 1 unspecified atom stereocenters. The van der Waals surface area contributed by atoms with E-state index in [2.05, 4.69) is 10.3 Å². The smallest absolute Gasteiger partial charge is 0.131 e. The molecule has 0 saturated heterocycles. The van der Waals surface area contributed by atoms with Crippen molar-refractivity contribution in [1.29, 1.82) is 0 Å². The zero-order valence-electron chi connectivity index (χ0n) is 11.8. The van der Waals surface area contributed by atoms with E-state index in [1.807, 2.05) is 25.1 Å². The Bertz CT molecular complexity index is 545. The molecule has 3 nitrogen and oxygen atoms in total. The van der Waals surface area contributed by atoms with Gasteiger partial charge in [0.25, 0.3) is 0 Å². The lowest BCUT2D eigenvalue weighted by atomic mass is 10.1. The Morgan fingerprint density at radius 1 is 1.25 bits per heavy atom. The van der Waals surface area contributed by atoms with Crippen LogP contribution < -0.4 is 10.1 Å². The summed E-state index contributed by atoms with van der Waals surface area (Å²) in [6.45, 7) is 2.66. The van der Waals surface area contributed by atoms with Gasteiger partial charge >= 0.3 is 0 Å². The minimum atomic E-state index is -0.248. The van der Waals surface area contributed by atoms with Crippen LogP contribution >= 0.6 is 0 Å². The minimum absolute atomic E-state index is 0.116. The minimum Gasteiger partial charge on any atom is -0.496 e. The molecule has 0 saturated carbocycles. The number of rotatable bonds is 6. The molecule has 0 aliphatic heterocycles. The summed E-state index contributed by atoms with van der Waals surface area (Å²) in [4.78, 5) is 4.26. The van der Waals surface area contributed by atoms with Gasteiger partial charge in [-0.25, -0.2) is 4.39 Å². The summed E-state index contributed by atoms with van der Waals surface area (Å²) < 4.78 is 19.1. The number of halogens is 1. The van der Waals surface area contributed by atoms with E-state index >= 15 is 0 Å². The highest BCUT2D eigenvalue weighted by Crippen LogP contribution is 2.27. The van der Waals surface area contributed by atoms with Gasteiger partial charge in [-0.05, 0) is 31.2 Å². The van der Waals surface area contributed by atoms with Crippen molar-refractivity contribution in [2.24, 2.45) is 0 Å². The topological polar surface area (TPSA) is 34.1 Å². The van der Waals surface area contributed by atoms with Crippen LogP contribution in [0.5, 0.6) is 5.75 Å². The number of methoxy groups -OCH3 is 1. The third-order valence-electron chi connectivity index (χ3n) is 3.22. The molecule has 20 heavy (non-hydrogen) atoms. The highest BCUT2D eigenvalue weighted by atomic mass is 19.1.